The highest BCUT2D eigenvalue weighted by Crippen LogP contribution is 2.24. The van der Waals surface area contributed by atoms with Crippen molar-refractivity contribution in [3.05, 3.63) is 57.0 Å². The number of carbonyl (C=O) groups is 1. The molecular weight excluding hydrogens is 386 g/mol. The van der Waals surface area contributed by atoms with Crippen LogP contribution in [0.3, 0.4) is 0 Å². The molecule has 2 aromatic rings. The smallest absolute Gasteiger partial charge is 0.258 e. The van der Waals surface area contributed by atoms with Crippen LogP contribution in [0.2, 0.25) is 0 Å². The standard InChI is InChI=1S/C15H13Br2NO2/c1-18(13-4-3-5-14(9-13)20-2)15(19)10-6-11(16)8-12(17)7-10/h3-9H,1-2H3. The van der Waals surface area contributed by atoms with Gasteiger partial charge in [0.15, 0.2) is 0 Å². The van der Waals surface area contributed by atoms with Gasteiger partial charge in [-0.1, -0.05) is 37.9 Å². The van der Waals surface area contributed by atoms with Gasteiger partial charge in [-0.3, -0.25) is 4.79 Å². The average Bonchev–Trinajstić information content (AvgIpc) is 2.44. The molecule has 5 heteroatoms. The molecule has 2 aromatic carbocycles. The van der Waals surface area contributed by atoms with Crippen LogP contribution in [-0.4, -0.2) is 20.1 Å². The lowest BCUT2D eigenvalue weighted by atomic mass is 10.2. The Balaban J connectivity index is 2.31. The normalized spacial score (nSPS) is 10.2. The molecule has 0 spiro atoms. The second-order valence-corrected chi connectivity index (χ2v) is 6.06. The molecule has 0 heterocycles. The maximum absolute atomic E-state index is 12.5. The highest BCUT2D eigenvalue weighted by atomic mass is 79.9. The summed E-state index contributed by atoms with van der Waals surface area (Å²) in [5.41, 5.74) is 1.39. The van der Waals surface area contributed by atoms with Crippen LogP contribution >= 0.6 is 31.9 Å². The van der Waals surface area contributed by atoms with Crippen LogP contribution in [0.4, 0.5) is 5.69 Å². The van der Waals surface area contributed by atoms with Crippen LogP contribution in [0.15, 0.2) is 51.4 Å². The molecule has 0 atom stereocenters. The minimum absolute atomic E-state index is 0.0831. The third-order valence-corrected chi connectivity index (χ3v) is 3.77. The zero-order valence-corrected chi connectivity index (χ0v) is 14.2. The summed E-state index contributed by atoms with van der Waals surface area (Å²) < 4.78 is 6.89. The van der Waals surface area contributed by atoms with Crippen molar-refractivity contribution >= 4 is 43.5 Å². The number of methoxy groups -OCH3 is 1. The predicted molar refractivity (Wildman–Crippen MR) is 87.6 cm³/mol. The Bertz CT molecular complexity index is 623. The van der Waals surface area contributed by atoms with E-state index in [4.69, 9.17) is 4.74 Å². The van der Waals surface area contributed by atoms with Crippen molar-refractivity contribution in [2.75, 3.05) is 19.1 Å². The molecule has 20 heavy (non-hydrogen) atoms. The first-order chi connectivity index (χ1) is 9.51. The number of carbonyl (C=O) groups excluding carboxylic acids is 1. The molecule has 0 radical (unpaired) electrons. The first kappa shape index (κ1) is 15.1. The Kier molecular flexibility index (Phi) is 4.83. The van der Waals surface area contributed by atoms with E-state index < -0.39 is 0 Å². The fourth-order valence-corrected chi connectivity index (χ4v) is 3.10. The molecule has 3 nitrogen and oxygen atoms in total. The first-order valence-electron chi connectivity index (χ1n) is 5.89. The molecule has 0 aliphatic carbocycles. The number of benzene rings is 2. The van der Waals surface area contributed by atoms with Gasteiger partial charge in [0, 0.05) is 33.3 Å². The van der Waals surface area contributed by atoms with Crippen LogP contribution in [0.1, 0.15) is 10.4 Å². The van der Waals surface area contributed by atoms with Gasteiger partial charge in [0.25, 0.3) is 5.91 Å². The quantitative estimate of drug-likeness (QED) is 0.761. The van der Waals surface area contributed by atoms with E-state index >= 15 is 0 Å². The first-order valence-corrected chi connectivity index (χ1v) is 7.48. The van der Waals surface area contributed by atoms with Gasteiger partial charge in [-0.15, -0.1) is 0 Å². The number of hydrogen-bond donors (Lipinski definition) is 0. The Morgan fingerprint density at radius 1 is 1.10 bits per heavy atom. The van der Waals surface area contributed by atoms with Crippen LogP contribution in [-0.2, 0) is 0 Å². The summed E-state index contributed by atoms with van der Waals surface area (Å²) in [4.78, 5) is 14.1. The zero-order valence-electron chi connectivity index (χ0n) is 11.1. The fraction of sp³-hybridized carbons (Fsp3) is 0.133. The predicted octanol–water partition coefficient (Wildman–Crippen LogP) is 4.50. The maximum atomic E-state index is 12.5. The molecule has 1 amide bonds. The molecular formula is C15H13Br2NO2. The number of rotatable bonds is 3. The summed E-state index contributed by atoms with van der Waals surface area (Å²) in [5.74, 6) is 0.637. The lowest BCUT2D eigenvalue weighted by Crippen LogP contribution is -2.26. The summed E-state index contributed by atoms with van der Waals surface area (Å²) >= 11 is 6.78. The van der Waals surface area contributed by atoms with Gasteiger partial charge in [-0.05, 0) is 30.3 Å². The van der Waals surface area contributed by atoms with Crippen molar-refractivity contribution in [1.82, 2.24) is 0 Å². The zero-order chi connectivity index (χ0) is 14.7. The Morgan fingerprint density at radius 2 is 1.75 bits per heavy atom. The van der Waals surface area contributed by atoms with Crippen LogP contribution in [0.5, 0.6) is 5.75 Å². The molecule has 104 valence electrons. The summed E-state index contributed by atoms with van der Waals surface area (Å²) in [7, 11) is 3.35. The lowest BCUT2D eigenvalue weighted by molar-refractivity contribution is 0.0993. The Morgan fingerprint density at radius 3 is 2.35 bits per heavy atom. The van der Waals surface area contributed by atoms with E-state index in [0.717, 1.165) is 20.4 Å². The van der Waals surface area contributed by atoms with Gasteiger partial charge in [0.1, 0.15) is 5.75 Å². The van der Waals surface area contributed by atoms with E-state index in [1.54, 1.807) is 31.2 Å². The Labute approximate surface area is 134 Å². The molecule has 0 N–H and O–H groups in total. The van der Waals surface area contributed by atoms with E-state index in [2.05, 4.69) is 31.9 Å². The van der Waals surface area contributed by atoms with E-state index in [9.17, 15) is 4.79 Å². The molecule has 2 rings (SSSR count). The minimum atomic E-state index is -0.0831. The fourth-order valence-electron chi connectivity index (χ4n) is 1.81. The number of hydrogen-bond acceptors (Lipinski definition) is 2. The van der Waals surface area contributed by atoms with Crippen molar-refractivity contribution in [3.8, 4) is 5.75 Å². The lowest BCUT2D eigenvalue weighted by Gasteiger charge is -2.18. The van der Waals surface area contributed by atoms with E-state index in [-0.39, 0.29) is 5.91 Å². The molecule has 0 saturated carbocycles. The molecule has 0 aliphatic rings. The second kappa shape index (κ2) is 6.41. The molecule has 0 bridgehead atoms. The molecule has 0 aliphatic heterocycles. The van der Waals surface area contributed by atoms with E-state index in [0.29, 0.717) is 5.56 Å². The largest absolute Gasteiger partial charge is 0.497 e. The Hall–Kier alpha value is -1.33. The van der Waals surface area contributed by atoms with Crippen molar-refractivity contribution in [2.24, 2.45) is 0 Å². The van der Waals surface area contributed by atoms with Gasteiger partial charge >= 0.3 is 0 Å². The second-order valence-electron chi connectivity index (χ2n) is 4.22. The number of nitrogens with zero attached hydrogens (tertiary/aromatic N) is 1. The van der Waals surface area contributed by atoms with Gasteiger partial charge < -0.3 is 9.64 Å². The molecule has 0 saturated heterocycles. The highest BCUT2D eigenvalue weighted by Gasteiger charge is 2.15. The molecule has 0 aromatic heterocycles. The monoisotopic (exact) mass is 397 g/mol. The summed E-state index contributed by atoms with van der Waals surface area (Å²) in [6.07, 6.45) is 0. The van der Waals surface area contributed by atoms with Gasteiger partial charge in [-0.25, -0.2) is 0 Å². The van der Waals surface area contributed by atoms with Crippen molar-refractivity contribution in [2.45, 2.75) is 0 Å². The number of amides is 1. The van der Waals surface area contributed by atoms with Gasteiger partial charge in [0.2, 0.25) is 0 Å². The topological polar surface area (TPSA) is 29.5 Å². The molecule has 0 fully saturated rings. The van der Waals surface area contributed by atoms with Crippen LogP contribution in [0, 0.1) is 0 Å². The van der Waals surface area contributed by atoms with Crippen molar-refractivity contribution < 1.29 is 9.53 Å². The third kappa shape index (κ3) is 3.41. The van der Waals surface area contributed by atoms with Crippen molar-refractivity contribution in [1.29, 1.82) is 0 Å². The van der Waals surface area contributed by atoms with E-state index in [1.807, 2.05) is 30.3 Å². The molecule has 0 unspecified atom stereocenters. The summed E-state index contributed by atoms with van der Waals surface area (Å²) in [6.45, 7) is 0. The van der Waals surface area contributed by atoms with Crippen molar-refractivity contribution in [3.63, 3.8) is 0 Å². The van der Waals surface area contributed by atoms with Crippen LogP contribution < -0.4 is 9.64 Å². The third-order valence-electron chi connectivity index (χ3n) is 2.85. The van der Waals surface area contributed by atoms with Crippen LogP contribution in [0.25, 0.3) is 0 Å². The minimum Gasteiger partial charge on any atom is -0.497 e. The van der Waals surface area contributed by atoms with Gasteiger partial charge in [-0.2, -0.15) is 0 Å². The number of halogens is 2. The highest BCUT2D eigenvalue weighted by molar-refractivity contribution is 9.11. The number of anilines is 1. The summed E-state index contributed by atoms with van der Waals surface area (Å²) in [5, 5.41) is 0. The SMILES string of the molecule is COc1cccc(N(C)C(=O)c2cc(Br)cc(Br)c2)c1. The summed E-state index contributed by atoms with van der Waals surface area (Å²) in [6, 6.07) is 12.9. The number of ether oxygens (including phenoxy) is 1. The maximum Gasteiger partial charge on any atom is 0.258 e. The van der Waals surface area contributed by atoms with E-state index in [1.165, 1.54) is 0 Å². The average molecular weight is 399 g/mol. The van der Waals surface area contributed by atoms with Gasteiger partial charge in [0.05, 0.1) is 7.11 Å².